The molecule has 1 heteroatoms. The molecule has 0 bridgehead atoms. The lowest BCUT2D eigenvalue weighted by Crippen LogP contribution is -2.25. The van der Waals surface area contributed by atoms with Crippen LogP contribution in [0, 0.1) is 11.8 Å². The van der Waals surface area contributed by atoms with Gasteiger partial charge in [0.15, 0.2) is 0 Å². The summed E-state index contributed by atoms with van der Waals surface area (Å²) in [5.41, 5.74) is 8.76. The molecule has 2 N–H and O–H groups in total. The maximum Gasteiger partial charge on any atom is 0.0329 e. The normalized spacial score (nSPS) is 40.2. The highest BCUT2D eigenvalue weighted by Gasteiger charge is 2.34. The minimum Gasteiger partial charge on any atom is -0.324 e. The van der Waals surface area contributed by atoms with Gasteiger partial charge in [-0.15, -0.1) is 0 Å². The Morgan fingerprint density at radius 3 is 2.38 bits per heavy atom. The van der Waals surface area contributed by atoms with Crippen LogP contribution in [0.3, 0.4) is 0 Å². The molecular weight excluding hydrogens is 158 g/mol. The Balaban J connectivity index is 3.08. The highest BCUT2D eigenvalue weighted by molar-refractivity contribution is 5.44. The fraction of sp³-hybridized carbons (Fsp3) is 0.500. The summed E-state index contributed by atoms with van der Waals surface area (Å²) in [5, 5.41) is 0. The van der Waals surface area contributed by atoms with Gasteiger partial charge in [0.05, 0.1) is 0 Å². The third-order valence-electron chi connectivity index (χ3n) is 3.15. The SMILES string of the molecule is C=C/C=C1\C(=C/C)C(C)C(C)C1N. The van der Waals surface area contributed by atoms with Crippen LogP contribution < -0.4 is 5.73 Å². The van der Waals surface area contributed by atoms with Crippen LogP contribution in [-0.2, 0) is 0 Å². The Morgan fingerprint density at radius 1 is 1.31 bits per heavy atom. The fourth-order valence-electron chi connectivity index (χ4n) is 2.10. The number of allylic oxidation sites excluding steroid dienone is 3. The maximum atomic E-state index is 6.11. The van der Waals surface area contributed by atoms with Crippen LogP contribution in [0.15, 0.2) is 36.0 Å². The molecule has 0 amide bonds. The van der Waals surface area contributed by atoms with Crippen molar-refractivity contribution >= 4 is 0 Å². The molecule has 0 aromatic rings. The molecule has 0 aromatic carbocycles. The molecule has 0 aromatic heterocycles. The van der Waals surface area contributed by atoms with Gasteiger partial charge in [0.25, 0.3) is 0 Å². The van der Waals surface area contributed by atoms with E-state index in [-0.39, 0.29) is 6.04 Å². The number of hydrogen-bond donors (Lipinski definition) is 1. The second-order valence-corrected chi connectivity index (χ2v) is 3.78. The molecular formula is C12H19N. The summed E-state index contributed by atoms with van der Waals surface area (Å²) in [6.07, 6.45) is 6.03. The minimum absolute atomic E-state index is 0.180. The second kappa shape index (κ2) is 3.93. The van der Waals surface area contributed by atoms with Gasteiger partial charge in [-0.25, -0.2) is 0 Å². The lowest BCUT2D eigenvalue weighted by atomic mass is 9.96. The van der Waals surface area contributed by atoms with E-state index in [0.717, 1.165) is 0 Å². The third-order valence-corrected chi connectivity index (χ3v) is 3.15. The lowest BCUT2D eigenvalue weighted by molar-refractivity contribution is 0.453. The van der Waals surface area contributed by atoms with Crippen molar-refractivity contribution in [3.63, 3.8) is 0 Å². The van der Waals surface area contributed by atoms with Crippen molar-refractivity contribution in [2.45, 2.75) is 26.8 Å². The number of hydrogen-bond acceptors (Lipinski definition) is 1. The van der Waals surface area contributed by atoms with E-state index in [1.54, 1.807) is 0 Å². The zero-order chi connectivity index (χ0) is 10.0. The van der Waals surface area contributed by atoms with Gasteiger partial charge >= 0.3 is 0 Å². The third kappa shape index (κ3) is 1.61. The van der Waals surface area contributed by atoms with Crippen molar-refractivity contribution in [2.24, 2.45) is 17.6 Å². The monoisotopic (exact) mass is 177 g/mol. The summed E-state index contributed by atoms with van der Waals surface area (Å²) < 4.78 is 0. The first-order valence-corrected chi connectivity index (χ1v) is 4.88. The molecule has 1 nitrogen and oxygen atoms in total. The van der Waals surface area contributed by atoms with Crippen LogP contribution in [0.2, 0.25) is 0 Å². The van der Waals surface area contributed by atoms with Crippen molar-refractivity contribution in [1.82, 2.24) is 0 Å². The molecule has 0 heterocycles. The molecule has 0 aliphatic heterocycles. The predicted octanol–water partition coefficient (Wildman–Crippen LogP) is 2.66. The molecule has 1 rings (SSSR count). The predicted molar refractivity (Wildman–Crippen MR) is 58.3 cm³/mol. The molecule has 0 radical (unpaired) electrons. The van der Waals surface area contributed by atoms with Gasteiger partial charge in [-0.2, -0.15) is 0 Å². The van der Waals surface area contributed by atoms with Crippen LogP contribution in [0.4, 0.5) is 0 Å². The molecule has 0 saturated heterocycles. The van der Waals surface area contributed by atoms with Crippen molar-refractivity contribution in [3.05, 3.63) is 36.0 Å². The van der Waals surface area contributed by atoms with Gasteiger partial charge in [0, 0.05) is 6.04 Å². The Hall–Kier alpha value is -0.820. The van der Waals surface area contributed by atoms with E-state index in [4.69, 9.17) is 5.73 Å². The molecule has 0 spiro atoms. The zero-order valence-electron chi connectivity index (χ0n) is 8.75. The van der Waals surface area contributed by atoms with Crippen molar-refractivity contribution in [3.8, 4) is 0 Å². The second-order valence-electron chi connectivity index (χ2n) is 3.78. The lowest BCUT2D eigenvalue weighted by Gasteiger charge is -2.12. The summed E-state index contributed by atoms with van der Waals surface area (Å²) in [6.45, 7) is 10.2. The summed E-state index contributed by atoms with van der Waals surface area (Å²) >= 11 is 0. The van der Waals surface area contributed by atoms with E-state index in [0.29, 0.717) is 11.8 Å². The molecule has 72 valence electrons. The van der Waals surface area contributed by atoms with E-state index in [9.17, 15) is 0 Å². The quantitative estimate of drug-likeness (QED) is 0.654. The van der Waals surface area contributed by atoms with Crippen molar-refractivity contribution in [2.75, 3.05) is 0 Å². The standard InChI is InChI=1S/C12H19N/c1-5-7-11-10(6-2)8(3)9(4)12(11)13/h5-9,12H,1,13H2,2-4H3/b10-6-,11-7+. The van der Waals surface area contributed by atoms with Crippen molar-refractivity contribution in [1.29, 1.82) is 0 Å². The topological polar surface area (TPSA) is 26.0 Å². The van der Waals surface area contributed by atoms with Crippen molar-refractivity contribution < 1.29 is 0 Å². The Labute approximate surface area is 81.0 Å². The first kappa shape index (κ1) is 10.3. The summed E-state index contributed by atoms with van der Waals surface area (Å²) in [6, 6.07) is 0.180. The number of rotatable bonds is 1. The van der Waals surface area contributed by atoms with Crippen LogP contribution in [-0.4, -0.2) is 6.04 Å². The minimum atomic E-state index is 0.180. The Morgan fingerprint density at radius 2 is 1.92 bits per heavy atom. The van der Waals surface area contributed by atoms with Crippen LogP contribution in [0.25, 0.3) is 0 Å². The van der Waals surface area contributed by atoms with E-state index in [2.05, 4.69) is 33.4 Å². The van der Waals surface area contributed by atoms with E-state index < -0.39 is 0 Å². The van der Waals surface area contributed by atoms with Gasteiger partial charge in [0.2, 0.25) is 0 Å². The van der Waals surface area contributed by atoms with Gasteiger partial charge in [-0.05, 0) is 29.9 Å². The molecule has 1 saturated carbocycles. The van der Waals surface area contributed by atoms with Crippen LogP contribution in [0.5, 0.6) is 0 Å². The van der Waals surface area contributed by atoms with E-state index in [1.807, 2.05) is 12.2 Å². The molecule has 1 aliphatic carbocycles. The van der Waals surface area contributed by atoms with E-state index in [1.165, 1.54) is 11.1 Å². The molecule has 1 fully saturated rings. The first-order valence-electron chi connectivity index (χ1n) is 4.88. The first-order chi connectivity index (χ1) is 6.13. The van der Waals surface area contributed by atoms with Crippen LogP contribution >= 0.6 is 0 Å². The highest BCUT2D eigenvalue weighted by Crippen LogP contribution is 2.39. The number of nitrogens with two attached hydrogens (primary N) is 1. The fourth-order valence-corrected chi connectivity index (χ4v) is 2.10. The average Bonchev–Trinajstić information content (AvgIpc) is 2.32. The van der Waals surface area contributed by atoms with Gasteiger partial charge in [-0.1, -0.05) is 38.7 Å². The molecule has 1 aliphatic rings. The van der Waals surface area contributed by atoms with Gasteiger partial charge in [-0.3, -0.25) is 0 Å². The van der Waals surface area contributed by atoms with Gasteiger partial charge in [0.1, 0.15) is 0 Å². The molecule has 3 unspecified atom stereocenters. The van der Waals surface area contributed by atoms with Crippen LogP contribution in [0.1, 0.15) is 20.8 Å². The summed E-state index contributed by atoms with van der Waals surface area (Å²) in [4.78, 5) is 0. The maximum absolute atomic E-state index is 6.11. The largest absolute Gasteiger partial charge is 0.324 e. The van der Waals surface area contributed by atoms with Gasteiger partial charge < -0.3 is 5.73 Å². The molecule has 3 atom stereocenters. The molecule has 13 heavy (non-hydrogen) atoms. The smallest absolute Gasteiger partial charge is 0.0329 e. The Bertz CT molecular complexity index is 260. The van der Waals surface area contributed by atoms with E-state index >= 15 is 0 Å². The highest BCUT2D eigenvalue weighted by atomic mass is 14.7. The zero-order valence-corrected chi connectivity index (χ0v) is 8.75. The Kier molecular flexibility index (Phi) is 3.10. The summed E-state index contributed by atoms with van der Waals surface area (Å²) in [7, 11) is 0. The average molecular weight is 177 g/mol. The summed E-state index contributed by atoms with van der Waals surface area (Å²) in [5.74, 6) is 1.11.